The van der Waals surface area contributed by atoms with E-state index in [9.17, 15) is 4.79 Å². The molecule has 0 saturated carbocycles. The van der Waals surface area contributed by atoms with Crippen molar-refractivity contribution in [3.05, 3.63) is 42.0 Å². The summed E-state index contributed by atoms with van der Waals surface area (Å²) in [5.41, 5.74) is 1.18. The van der Waals surface area contributed by atoms with Gasteiger partial charge in [-0.1, -0.05) is 42.5 Å². The Kier molecular flexibility index (Phi) is 6.75. The van der Waals surface area contributed by atoms with Gasteiger partial charge in [0.25, 0.3) is 0 Å². The molecule has 0 aliphatic carbocycles. The average Bonchev–Trinajstić information content (AvgIpc) is 2.35. The van der Waals surface area contributed by atoms with Crippen molar-refractivity contribution in [2.45, 2.75) is 13.3 Å². The number of hydrogen-bond acceptors (Lipinski definition) is 3. The zero-order valence-electron chi connectivity index (χ0n) is 10.2. The summed E-state index contributed by atoms with van der Waals surface area (Å²) in [5.74, 6) is -0.146. The van der Waals surface area contributed by atoms with Crippen LogP contribution >= 0.6 is 0 Å². The van der Waals surface area contributed by atoms with Gasteiger partial charge in [0.05, 0.1) is 13.0 Å². The molecule has 92 valence electrons. The molecule has 0 spiro atoms. The van der Waals surface area contributed by atoms with Gasteiger partial charge in [0, 0.05) is 13.1 Å². The lowest BCUT2D eigenvalue weighted by atomic mass is 10.2. The van der Waals surface area contributed by atoms with Gasteiger partial charge in [-0.15, -0.1) is 0 Å². The minimum Gasteiger partial charge on any atom is -0.466 e. The van der Waals surface area contributed by atoms with E-state index in [4.69, 9.17) is 4.74 Å². The molecular weight excluding hydrogens is 214 g/mol. The molecule has 3 heteroatoms. The van der Waals surface area contributed by atoms with Crippen LogP contribution in [0.5, 0.6) is 0 Å². The number of carbonyl (C=O) groups excluding carboxylic acids is 1. The number of esters is 1. The second-order valence-corrected chi connectivity index (χ2v) is 3.57. The molecule has 0 aliphatic rings. The lowest BCUT2D eigenvalue weighted by Gasteiger charge is -2.01. The fraction of sp³-hybridized carbons (Fsp3) is 0.357. The second kappa shape index (κ2) is 8.53. The minimum atomic E-state index is -0.146. The smallest absolute Gasteiger partial charge is 0.307 e. The SMILES string of the molecule is CCOC(=O)CCNC/C=C/c1ccccc1. The van der Waals surface area contributed by atoms with Crippen molar-refractivity contribution in [3.8, 4) is 0 Å². The third-order valence-electron chi connectivity index (χ3n) is 2.18. The largest absolute Gasteiger partial charge is 0.466 e. The number of carbonyl (C=O) groups is 1. The fourth-order valence-corrected chi connectivity index (χ4v) is 1.37. The average molecular weight is 233 g/mol. The molecule has 1 N–H and O–H groups in total. The van der Waals surface area contributed by atoms with E-state index in [-0.39, 0.29) is 5.97 Å². The van der Waals surface area contributed by atoms with Gasteiger partial charge in [0.15, 0.2) is 0 Å². The molecule has 1 aromatic rings. The van der Waals surface area contributed by atoms with Crippen molar-refractivity contribution >= 4 is 12.0 Å². The maximum Gasteiger partial charge on any atom is 0.307 e. The van der Waals surface area contributed by atoms with E-state index in [1.807, 2.05) is 31.2 Å². The van der Waals surface area contributed by atoms with Gasteiger partial charge >= 0.3 is 5.97 Å². The van der Waals surface area contributed by atoms with Gasteiger partial charge < -0.3 is 10.1 Å². The van der Waals surface area contributed by atoms with Crippen LogP contribution < -0.4 is 5.32 Å². The van der Waals surface area contributed by atoms with E-state index in [0.29, 0.717) is 19.6 Å². The van der Waals surface area contributed by atoms with Crippen LogP contribution in [0.2, 0.25) is 0 Å². The maximum absolute atomic E-state index is 11.0. The van der Waals surface area contributed by atoms with Crippen LogP contribution in [-0.4, -0.2) is 25.7 Å². The summed E-state index contributed by atoms with van der Waals surface area (Å²) in [6.45, 7) is 3.67. The number of benzene rings is 1. The van der Waals surface area contributed by atoms with Gasteiger partial charge in [-0.3, -0.25) is 4.79 Å². The zero-order valence-corrected chi connectivity index (χ0v) is 10.2. The first-order valence-corrected chi connectivity index (χ1v) is 5.91. The van der Waals surface area contributed by atoms with Crippen LogP contribution in [0.1, 0.15) is 18.9 Å². The quantitative estimate of drug-likeness (QED) is 0.580. The summed E-state index contributed by atoms with van der Waals surface area (Å²) in [4.78, 5) is 11.0. The molecule has 1 aromatic carbocycles. The summed E-state index contributed by atoms with van der Waals surface area (Å²) < 4.78 is 4.82. The van der Waals surface area contributed by atoms with E-state index in [2.05, 4.69) is 23.5 Å². The van der Waals surface area contributed by atoms with Crippen LogP contribution in [0.3, 0.4) is 0 Å². The summed E-state index contributed by atoms with van der Waals surface area (Å²) in [5, 5.41) is 3.16. The molecule has 0 bridgehead atoms. The van der Waals surface area contributed by atoms with Gasteiger partial charge in [0.2, 0.25) is 0 Å². The topological polar surface area (TPSA) is 38.3 Å². The number of nitrogens with one attached hydrogen (secondary N) is 1. The van der Waals surface area contributed by atoms with E-state index in [1.54, 1.807) is 0 Å². The van der Waals surface area contributed by atoms with E-state index in [0.717, 1.165) is 6.54 Å². The van der Waals surface area contributed by atoms with Crippen molar-refractivity contribution in [2.75, 3.05) is 19.7 Å². The van der Waals surface area contributed by atoms with E-state index >= 15 is 0 Å². The van der Waals surface area contributed by atoms with Crippen molar-refractivity contribution in [2.24, 2.45) is 0 Å². The standard InChI is InChI=1S/C14H19NO2/c1-2-17-14(16)10-12-15-11-6-9-13-7-4-3-5-8-13/h3-9,15H,2,10-12H2,1H3/b9-6+. The minimum absolute atomic E-state index is 0.146. The molecule has 0 fully saturated rings. The number of ether oxygens (including phenoxy) is 1. The highest BCUT2D eigenvalue weighted by Gasteiger charge is 1.98. The highest BCUT2D eigenvalue weighted by atomic mass is 16.5. The predicted molar refractivity (Wildman–Crippen MR) is 69.6 cm³/mol. The second-order valence-electron chi connectivity index (χ2n) is 3.57. The zero-order chi connectivity index (χ0) is 12.3. The Hall–Kier alpha value is -1.61. The molecule has 0 aromatic heterocycles. The van der Waals surface area contributed by atoms with Gasteiger partial charge in [0.1, 0.15) is 0 Å². The Morgan fingerprint density at radius 2 is 2.12 bits per heavy atom. The highest BCUT2D eigenvalue weighted by Crippen LogP contribution is 1.99. The summed E-state index contributed by atoms with van der Waals surface area (Å²) in [7, 11) is 0. The third-order valence-corrected chi connectivity index (χ3v) is 2.18. The molecule has 0 aliphatic heterocycles. The van der Waals surface area contributed by atoms with Gasteiger partial charge in [-0.25, -0.2) is 0 Å². The Labute approximate surface area is 102 Å². The van der Waals surface area contributed by atoms with Gasteiger partial charge in [-0.05, 0) is 12.5 Å². The summed E-state index contributed by atoms with van der Waals surface area (Å²) >= 11 is 0. The maximum atomic E-state index is 11.0. The Balaban J connectivity index is 2.08. The molecule has 3 nitrogen and oxygen atoms in total. The van der Waals surface area contributed by atoms with E-state index in [1.165, 1.54) is 5.56 Å². The fourth-order valence-electron chi connectivity index (χ4n) is 1.37. The first kappa shape index (κ1) is 13.5. The summed E-state index contributed by atoms with van der Waals surface area (Å²) in [6.07, 6.45) is 4.52. The molecule has 1 rings (SSSR count). The molecular formula is C14H19NO2. The van der Waals surface area contributed by atoms with Crippen LogP contribution in [0.15, 0.2) is 36.4 Å². The van der Waals surface area contributed by atoms with Crippen LogP contribution in [-0.2, 0) is 9.53 Å². The molecule has 0 heterocycles. The van der Waals surface area contributed by atoms with Crippen LogP contribution in [0, 0.1) is 0 Å². The molecule has 0 amide bonds. The summed E-state index contributed by atoms with van der Waals surface area (Å²) in [6, 6.07) is 10.1. The van der Waals surface area contributed by atoms with Crippen molar-refractivity contribution in [1.29, 1.82) is 0 Å². The van der Waals surface area contributed by atoms with Crippen molar-refractivity contribution < 1.29 is 9.53 Å². The Morgan fingerprint density at radius 1 is 1.35 bits per heavy atom. The monoisotopic (exact) mass is 233 g/mol. The third kappa shape index (κ3) is 6.53. The molecule has 0 radical (unpaired) electrons. The first-order chi connectivity index (χ1) is 8.33. The van der Waals surface area contributed by atoms with Crippen molar-refractivity contribution in [3.63, 3.8) is 0 Å². The molecule has 0 unspecified atom stereocenters. The lowest BCUT2D eigenvalue weighted by Crippen LogP contribution is -2.19. The highest BCUT2D eigenvalue weighted by molar-refractivity contribution is 5.69. The first-order valence-electron chi connectivity index (χ1n) is 5.91. The van der Waals surface area contributed by atoms with Crippen LogP contribution in [0.25, 0.3) is 6.08 Å². The molecule has 0 saturated heterocycles. The normalized spacial score (nSPS) is 10.6. The van der Waals surface area contributed by atoms with Gasteiger partial charge in [-0.2, -0.15) is 0 Å². The predicted octanol–water partition coefficient (Wildman–Crippen LogP) is 2.24. The molecule has 0 atom stereocenters. The number of hydrogen-bond donors (Lipinski definition) is 1. The molecule has 17 heavy (non-hydrogen) atoms. The number of rotatable bonds is 7. The van der Waals surface area contributed by atoms with Crippen molar-refractivity contribution in [1.82, 2.24) is 5.32 Å². The lowest BCUT2D eigenvalue weighted by molar-refractivity contribution is -0.142. The Bertz CT molecular complexity index is 346. The van der Waals surface area contributed by atoms with Crippen LogP contribution in [0.4, 0.5) is 0 Å². The Morgan fingerprint density at radius 3 is 2.82 bits per heavy atom. The van der Waals surface area contributed by atoms with E-state index < -0.39 is 0 Å².